The molecule has 3 N–H and O–H groups in total. The quantitative estimate of drug-likeness (QED) is 0.334. The molecule has 0 saturated heterocycles. The van der Waals surface area contributed by atoms with Crippen LogP contribution in [0.15, 0.2) is 36.4 Å². The van der Waals surface area contributed by atoms with Crippen molar-refractivity contribution < 1.29 is 29.6 Å². The Balaban J connectivity index is 2.12. The van der Waals surface area contributed by atoms with Gasteiger partial charge in [0.25, 0.3) is 0 Å². The Kier molecular flexibility index (Phi) is 10.3. The SMILES string of the molecule is CCC(O)(CC)COc1ccc([Si](C)(C)c2ccc(OC[C@@H](O)CCC(=O)O)c(Cl)c2)cc1Cl. The molecule has 0 spiro atoms. The van der Waals surface area contributed by atoms with Gasteiger partial charge in [0, 0.05) is 6.42 Å². The molecule has 0 aliphatic carbocycles. The number of ether oxygens (including phenoxy) is 2. The molecule has 0 bridgehead atoms. The second-order valence-electron chi connectivity index (χ2n) is 9.03. The van der Waals surface area contributed by atoms with Gasteiger partial charge in [0.2, 0.25) is 0 Å². The van der Waals surface area contributed by atoms with E-state index in [-0.39, 0.29) is 26.1 Å². The first kappa shape index (κ1) is 28.5. The van der Waals surface area contributed by atoms with Crippen molar-refractivity contribution in [1.82, 2.24) is 0 Å². The van der Waals surface area contributed by atoms with E-state index in [1.807, 2.05) is 44.2 Å². The van der Waals surface area contributed by atoms with Gasteiger partial charge in [-0.05, 0) is 43.5 Å². The van der Waals surface area contributed by atoms with Crippen molar-refractivity contribution in [1.29, 1.82) is 0 Å². The van der Waals surface area contributed by atoms with Gasteiger partial charge in [-0.2, -0.15) is 0 Å². The van der Waals surface area contributed by atoms with Gasteiger partial charge in [0.05, 0.1) is 21.8 Å². The van der Waals surface area contributed by atoms with E-state index in [4.69, 9.17) is 37.8 Å². The van der Waals surface area contributed by atoms with Crippen LogP contribution < -0.4 is 19.8 Å². The van der Waals surface area contributed by atoms with Gasteiger partial charge in [-0.3, -0.25) is 4.79 Å². The second kappa shape index (κ2) is 12.3. The summed E-state index contributed by atoms with van der Waals surface area (Å²) in [5, 5.41) is 32.1. The van der Waals surface area contributed by atoms with Crippen molar-refractivity contribution in [3.05, 3.63) is 46.4 Å². The van der Waals surface area contributed by atoms with Gasteiger partial charge in [-0.25, -0.2) is 0 Å². The lowest BCUT2D eigenvalue weighted by molar-refractivity contribution is -0.137. The van der Waals surface area contributed by atoms with Gasteiger partial charge in [-0.15, -0.1) is 0 Å². The van der Waals surface area contributed by atoms with E-state index in [9.17, 15) is 15.0 Å². The molecule has 2 rings (SSSR count). The average Bonchev–Trinajstić information content (AvgIpc) is 2.80. The third-order valence-electron chi connectivity index (χ3n) is 6.24. The Morgan fingerprint density at radius 1 is 1.00 bits per heavy atom. The van der Waals surface area contributed by atoms with Crippen molar-refractivity contribution in [2.24, 2.45) is 0 Å². The third kappa shape index (κ3) is 7.62. The topological polar surface area (TPSA) is 96.2 Å². The van der Waals surface area contributed by atoms with E-state index >= 15 is 0 Å². The molecule has 0 saturated carbocycles. The number of rotatable bonds is 13. The van der Waals surface area contributed by atoms with E-state index in [2.05, 4.69) is 13.1 Å². The van der Waals surface area contributed by atoms with Crippen LogP contribution in [-0.4, -0.2) is 54.3 Å². The summed E-state index contributed by atoms with van der Waals surface area (Å²) in [4.78, 5) is 10.6. The molecular formula is C25H34Cl2O6Si. The molecule has 34 heavy (non-hydrogen) atoms. The lowest BCUT2D eigenvalue weighted by Crippen LogP contribution is -2.52. The predicted octanol–water partition coefficient (Wildman–Crippen LogP) is 4.35. The zero-order chi connectivity index (χ0) is 25.5. The van der Waals surface area contributed by atoms with Crippen molar-refractivity contribution in [3.63, 3.8) is 0 Å². The fourth-order valence-corrected chi connectivity index (χ4v) is 6.40. The maximum absolute atomic E-state index is 10.6. The molecule has 0 aliphatic rings. The van der Waals surface area contributed by atoms with Crippen LogP contribution in [0, 0.1) is 0 Å². The first-order valence-electron chi connectivity index (χ1n) is 11.4. The first-order chi connectivity index (χ1) is 15.9. The molecule has 0 radical (unpaired) electrons. The van der Waals surface area contributed by atoms with Crippen LogP contribution in [0.25, 0.3) is 0 Å². The monoisotopic (exact) mass is 528 g/mol. The molecule has 188 valence electrons. The number of carboxylic acids is 1. The van der Waals surface area contributed by atoms with Gasteiger partial charge in [0.15, 0.2) is 0 Å². The standard InChI is InChI=1S/C25H34Cl2O6Si/c1-5-25(31,6-2)16-33-23-11-9-19(14-21(23)27)34(3,4)18-8-10-22(20(26)13-18)32-15-17(28)7-12-24(29)30/h8-11,13-14,17,28,31H,5-7,12,15-16H2,1-4H3,(H,29,30)/t17-/m0/s1. The fraction of sp³-hybridized carbons (Fsp3) is 0.480. The highest BCUT2D eigenvalue weighted by atomic mass is 35.5. The molecule has 1 atom stereocenters. The molecule has 0 amide bonds. The average molecular weight is 530 g/mol. The summed E-state index contributed by atoms with van der Waals surface area (Å²) in [6, 6.07) is 11.4. The number of carboxylic acid groups (broad SMARTS) is 1. The minimum Gasteiger partial charge on any atom is -0.489 e. The van der Waals surface area contributed by atoms with Crippen molar-refractivity contribution in [2.45, 2.75) is 64.3 Å². The van der Waals surface area contributed by atoms with E-state index in [1.165, 1.54) is 0 Å². The maximum Gasteiger partial charge on any atom is 0.303 e. The van der Waals surface area contributed by atoms with Crippen LogP contribution in [-0.2, 0) is 4.79 Å². The molecule has 0 unspecified atom stereocenters. The van der Waals surface area contributed by atoms with Crippen molar-refractivity contribution in [2.75, 3.05) is 13.2 Å². The molecule has 0 fully saturated rings. The minimum atomic E-state index is -2.15. The van der Waals surface area contributed by atoms with E-state index in [0.29, 0.717) is 34.4 Å². The van der Waals surface area contributed by atoms with Gasteiger partial charge in [0.1, 0.15) is 32.8 Å². The van der Waals surface area contributed by atoms with Crippen LogP contribution in [0.5, 0.6) is 11.5 Å². The molecule has 2 aromatic carbocycles. The summed E-state index contributed by atoms with van der Waals surface area (Å²) in [6.45, 7) is 8.38. The number of carbonyl (C=O) groups is 1. The lowest BCUT2D eigenvalue weighted by atomic mass is 9.99. The van der Waals surface area contributed by atoms with Crippen LogP contribution in [0.2, 0.25) is 23.1 Å². The summed E-state index contributed by atoms with van der Waals surface area (Å²) in [5.41, 5.74) is -0.872. The number of hydrogen-bond acceptors (Lipinski definition) is 5. The summed E-state index contributed by atoms with van der Waals surface area (Å²) < 4.78 is 11.4. The van der Waals surface area contributed by atoms with Crippen molar-refractivity contribution >= 4 is 47.6 Å². The molecule has 2 aromatic rings. The summed E-state index contributed by atoms with van der Waals surface area (Å²) in [5.74, 6) is 0.0150. The van der Waals surface area contributed by atoms with E-state index < -0.39 is 25.7 Å². The number of benzene rings is 2. The molecule has 9 heteroatoms. The van der Waals surface area contributed by atoms with Gasteiger partial charge >= 0.3 is 5.97 Å². The highest BCUT2D eigenvalue weighted by Crippen LogP contribution is 2.27. The zero-order valence-corrected chi connectivity index (χ0v) is 22.6. The molecule has 0 aromatic heterocycles. The van der Waals surface area contributed by atoms with Crippen LogP contribution in [0.1, 0.15) is 39.5 Å². The largest absolute Gasteiger partial charge is 0.489 e. The number of halogens is 2. The third-order valence-corrected chi connectivity index (χ3v) is 10.3. The number of aliphatic carboxylic acids is 1. The highest BCUT2D eigenvalue weighted by molar-refractivity contribution is 7.00. The van der Waals surface area contributed by atoms with Crippen molar-refractivity contribution in [3.8, 4) is 11.5 Å². The highest BCUT2D eigenvalue weighted by Gasteiger charge is 2.28. The molecular weight excluding hydrogens is 495 g/mol. The molecule has 0 aliphatic heterocycles. The van der Waals surface area contributed by atoms with Gasteiger partial charge in [-0.1, -0.05) is 72.6 Å². The normalized spacial score (nSPS) is 12.9. The summed E-state index contributed by atoms with van der Waals surface area (Å²) >= 11 is 13.0. The van der Waals surface area contributed by atoms with Gasteiger partial charge < -0.3 is 24.8 Å². The fourth-order valence-electron chi connectivity index (χ4n) is 3.41. The maximum atomic E-state index is 10.6. The Bertz CT molecular complexity index is 978. The van der Waals surface area contributed by atoms with E-state index in [1.54, 1.807) is 6.07 Å². The first-order valence-corrected chi connectivity index (χ1v) is 15.2. The Hall–Kier alpha value is -1.77. The second-order valence-corrected chi connectivity index (χ2v) is 14.3. The number of hydrogen-bond donors (Lipinski definition) is 3. The van der Waals surface area contributed by atoms with Crippen LogP contribution >= 0.6 is 23.2 Å². The smallest absolute Gasteiger partial charge is 0.303 e. The zero-order valence-electron chi connectivity index (χ0n) is 20.1. The van der Waals surface area contributed by atoms with Crippen LogP contribution in [0.3, 0.4) is 0 Å². The Morgan fingerprint density at radius 2 is 1.50 bits per heavy atom. The van der Waals surface area contributed by atoms with E-state index in [0.717, 1.165) is 10.4 Å². The predicted molar refractivity (Wildman–Crippen MR) is 139 cm³/mol. The molecule has 0 heterocycles. The summed E-state index contributed by atoms with van der Waals surface area (Å²) in [6.07, 6.45) is 0.302. The Labute approximate surface area is 212 Å². The lowest BCUT2D eigenvalue weighted by Gasteiger charge is -2.27. The number of aliphatic hydroxyl groups is 2. The molecule has 6 nitrogen and oxygen atoms in total. The van der Waals surface area contributed by atoms with Crippen LogP contribution in [0.4, 0.5) is 0 Å². The summed E-state index contributed by atoms with van der Waals surface area (Å²) in [7, 11) is -2.15. The number of aliphatic hydroxyl groups excluding tert-OH is 1. The Morgan fingerprint density at radius 3 is 1.94 bits per heavy atom. The minimum absolute atomic E-state index is 0.0323.